The van der Waals surface area contributed by atoms with E-state index in [4.69, 9.17) is 5.73 Å². The summed E-state index contributed by atoms with van der Waals surface area (Å²) in [6.45, 7) is 2.06. The van der Waals surface area contributed by atoms with E-state index in [0.717, 1.165) is 22.5 Å². The zero-order valence-corrected chi connectivity index (χ0v) is 11.2. The number of hydrogen-bond donors (Lipinski definition) is 1. The minimum absolute atomic E-state index is 0.294. The minimum Gasteiger partial charge on any atom is -0.368 e. The van der Waals surface area contributed by atoms with E-state index in [9.17, 15) is 0 Å². The third-order valence-electron chi connectivity index (χ3n) is 3.13. The van der Waals surface area contributed by atoms with Gasteiger partial charge in [-0.2, -0.15) is 0 Å². The molecule has 0 aliphatic carbocycles. The summed E-state index contributed by atoms with van der Waals surface area (Å²) in [5.74, 6) is 0.294. The molecule has 3 heteroatoms. The SMILES string of the molecule is Cc1cccc(-c2cc(-c3ccccc3)nc(N)n2)c1. The second kappa shape index (κ2) is 5.13. The fraction of sp³-hybridized carbons (Fsp3) is 0.0588. The van der Waals surface area contributed by atoms with E-state index in [1.54, 1.807) is 0 Å². The first kappa shape index (κ1) is 12.4. The van der Waals surface area contributed by atoms with Gasteiger partial charge in [0.15, 0.2) is 0 Å². The summed E-state index contributed by atoms with van der Waals surface area (Å²) in [7, 11) is 0. The van der Waals surface area contributed by atoms with Crippen molar-refractivity contribution in [2.75, 3.05) is 5.73 Å². The van der Waals surface area contributed by atoms with Crippen LogP contribution in [0.3, 0.4) is 0 Å². The number of hydrogen-bond acceptors (Lipinski definition) is 3. The summed E-state index contributed by atoms with van der Waals surface area (Å²) < 4.78 is 0. The van der Waals surface area contributed by atoms with Crippen LogP contribution in [0.4, 0.5) is 5.95 Å². The molecule has 0 aliphatic rings. The number of rotatable bonds is 2. The second-order valence-corrected chi connectivity index (χ2v) is 4.73. The minimum atomic E-state index is 0.294. The van der Waals surface area contributed by atoms with Crippen molar-refractivity contribution in [1.29, 1.82) is 0 Å². The molecule has 98 valence electrons. The summed E-state index contributed by atoms with van der Waals surface area (Å²) in [5.41, 5.74) is 10.8. The lowest BCUT2D eigenvalue weighted by atomic mass is 10.1. The Morgan fingerprint density at radius 2 is 1.40 bits per heavy atom. The Bertz CT molecular complexity index is 736. The molecule has 3 nitrogen and oxygen atoms in total. The van der Waals surface area contributed by atoms with Crippen molar-refractivity contribution >= 4 is 5.95 Å². The molecule has 0 spiro atoms. The van der Waals surface area contributed by atoms with Crippen LogP contribution in [0.5, 0.6) is 0 Å². The Balaban J connectivity index is 2.12. The lowest BCUT2D eigenvalue weighted by Gasteiger charge is -2.07. The van der Waals surface area contributed by atoms with Gasteiger partial charge in [0.1, 0.15) is 0 Å². The van der Waals surface area contributed by atoms with Crippen molar-refractivity contribution in [1.82, 2.24) is 9.97 Å². The Kier molecular flexibility index (Phi) is 3.17. The van der Waals surface area contributed by atoms with Crippen molar-refractivity contribution in [3.05, 3.63) is 66.2 Å². The van der Waals surface area contributed by atoms with Crippen LogP contribution in [0.1, 0.15) is 5.56 Å². The summed E-state index contributed by atoms with van der Waals surface area (Å²) in [4.78, 5) is 8.66. The highest BCUT2D eigenvalue weighted by atomic mass is 15.0. The van der Waals surface area contributed by atoms with Gasteiger partial charge in [0.2, 0.25) is 5.95 Å². The average molecular weight is 261 g/mol. The molecule has 20 heavy (non-hydrogen) atoms. The molecule has 2 N–H and O–H groups in total. The van der Waals surface area contributed by atoms with Crippen LogP contribution >= 0.6 is 0 Å². The van der Waals surface area contributed by atoms with Gasteiger partial charge in [-0.05, 0) is 19.1 Å². The number of nitrogens with zero attached hydrogens (tertiary/aromatic N) is 2. The van der Waals surface area contributed by atoms with E-state index in [0.29, 0.717) is 5.95 Å². The van der Waals surface area contributed by atoms with Gasteiger partial charge in [0, 0.05) is 11.1 Å². The summed E-state index contributed by atoms with van der Waals surface area (Å²) in [6, 6.07) is 20.2. The maximum Gasteiger partial charge on any atom is 0.221 e. The van der Waals surface area contributed by atoms with Crippen molar-refractivity contribution < 1.29 is 0 Å². The largest absolute Gasteiger partial charge is 0.368 e. The van der Waals surface area contributed by atoms with E-state index in [-0.39, 0.29) is 0 Å². The first-order valence-electron chi connectivity index (χ1n) is 6.49. The zero-order valence-electron chi connectivity index (χ0n) is 11.2. The second-order valence-electron chi connectivity index (χ2n) is 4.73. The van der Waals surface area contributed by atoms with Crippen molar-refractivity contribution in [3.63, 3.8) is 0 Å². The van der Waals surface area contributed by atoms with Gasteiger partial charge in [-0.3, -0.25) is 0 Å². The predicted octanol–water partition coefficient (Wildman–Crippen LogP) is 3.70. The van der Waals surface area contributed by atoms with Gasteiger partial charge in [-0.1, -0.05) is 54.1 Å². The van der Waals surface area contributed by atoms with Crippen LogP contribution in [0, 0.1) is 6.92 Å². The number of nitrogens with two attached hydrogens (primary N) is 1. The highest BCUT2D eigenvalue weighted by Gasteiger charge is 2.06. The van der Waals surface area contributed by atoms with E-state index in [2.05, 4.69) is 29.0 Å². The number of nitrogen functional groups attached to an aromatic ring is 1. The van der Waals surface area contributed by atoms with Gasteiger partial charge in [0.25, 0.3) is 0 Å². The lowest BCUT2D eigenvalue weighted by Crippen LogP contribution is -1.98. The van der Waals surface area contributed by atoms with Crippen LogP contribution in [-0.2, 0) is 0 Å². The topological polar surface area (TPSA) is 51.8 Å². The molecule has 0 aliphatic heterocycles. The third-order valence-corrected chi connectivity index (χ3v) is 3.13. The molecule has 0 bridgehead atoms. The standard InChI is InChI=1S/C17H15N3/c1-12-6-5-9-14(10-12)16-11-15(19-17(18)20-16)13-7-3-2-4-8-13/h2-11H,1H3,(H2,18,19,20). The number of benzene rings is 2. The number of aryl methyl sites for hydroxylation is 1. The van der Waals surface area contributed by atoms with Crippen molar-refractivity contribution in [3.8, 4) is 22.5 Å². The molecule has 0 saturated heterocycles. The average Bonchev–Trinajstić information content (AvgIpc) is 2.47. The van der Waals surface area contributed by atoms with E-state index in [1.807, 2.05) is 48.5 Å². The molecular formula is C17H15N3. The molecule has 0 radical (unpaired) electrons. The molecule has 3 aromatic rings. The molecule has 3 rings (SSSR count). The molecular weight excluding hydrogens is 246 g/mol. The Morgan fingerprint density at radius 3 is 2.10 bits per heavy atom. The van der Waals surface area contributed by atoms with Crippen LogP contribution in [0.25, 0.3) is 22.5 Å². The molecule has 2 aromatic carbocycles. The van der Waals surface area contributed by atoms with Gasteiger partial charge < -0.3 is 5.73 Å². The first-order valence-corrected chi connectivity index (χ1v) is 6.49. The van der Waals surface area contributed by atoms with E-state index < -0.39 is 0 Å². The van der Waals surface area contributed by atoms with E-state index in [1.165, 1.54) is 5.56 Å². The summed E-state index contributed by atoms with van der Waals surface area (Å²) >= 11 is 0. The van der Waals surface area contributed by atoms with Crippen LogP contribution in [-0.4, -0.2) is 9.97 Å². The third kappa shape index (κ3) is 2.52. The summed E-state index contributed by atoms with van der Waals surface area (Å²) in [5, 5.41) is 0. The fourth-order valence-electron chi connectivity index (χ4n) is 2.17. The van der Waals surface area contributed by atoms with Crippen LogP contribution in [0.15, 0.2) is 60.7 Å². The Morgan fingerprint density at radius 1 is 0.750 bits per heavy atom. The molecule has 0 fully saturated rings. The van der Waals surface area contributed by atoms with Crippen LogP contribution in [0.2, 0.25) is 0 Å². The zero-order chi connectivity index (χ0) is 13.9. The van der Waals surface area contributed by atoms with Gasteiger partial charge in [-0.15, -0.1) is 0 Å². The number of anilines is 1. The van der Waals surface area contributed by atoms with Crippen LogP contribution < -0.4 is 5.73 Å². The first-order chi connectivity index (χ1) is 9.72. The summed E-state index contributed by atoms with van der Waals surface area (Å²) in [6.07, 6.45) is 0. The van der Waals surface area contributed by atoms with E-state index >= 15 is 0 Å². The molecule has 0 unspecified atom stereocenters. The highest BCUT2D eigenvalue weighted by molar-refractivity contribution is 5.69. The number of aromatic nitrogens is 2. The maximum absolute atomic E-state index is 5.85. The Labute approximate surface area is 118 Å². The normalized spacial score (nSPS) is 10.4. The van der Waals surface area contributed by atoms with Crippen molar-refractivity contribution in [2.24, 2.45) is 0 Å². The van der Waals surface area contributed by atoms with Gasteiger partial charge in [-0.25, -0.2) is 9.97 Å². The molecule has 0 saturated carbocycles. The molecule has 0 atom stereocenters. The van der Waals surface area contributed by atoms with Crippen molar-refractivity contribution in [2.45, 2.75) is 6.92 Å². The smallest absolute Gasteiger partial charge is 0.221 e. The molecule has 0 amide bonds. The van der Waals surface area contributed by atoms with Gasteiger partial charge >= 0.3 is 0 Å². The fourth-order valence-corrected chi connectivity index (χ4v) is 2.17. The monoisotopic (exact) mass is 261 g/mol. The Hall–Kier alpha value is -2.68. The highest BCUT2D eigenvalue weighted by Crippen LogP contribution is 2.24. The quantitative estimate of drug-likeness (QED) is 0.765. The maximum atomic E-state index is 5.85. The predicted molar refractivity (Wildman–Crippen MR) is 82.1 cm³/mol. The lowest BCUT2D eigenvalue weighted by molar-refractivity contribution is 1.19. The molecule has 1 aromatic heterocycles. The van der Waals surface area contributed by atoms with Gasteiger partial charge in [0.05, 0.1) is 11.4 Å². The molecule has 1 heterocycles.